The molecule has 3 N–H and O–H groups in total. The summed E-state index contributed by atoms with van der Waals surface area (Å²) in [7, 11) is 0. The topological polar surface area (TPSA) is 81.7 Å². The Morgan fingerprint density at radius 2 is 2.07 bits per heavy atom. The van der Waals surface area contributed by atoms with E-state index in [2.05, 4.69) is 32.9 Å². The van der Waals surface area contributed by atoms with Crippen LogP contribution in [0.25, 0.3) is 0 Å². The number of rotatable bonds is 7. The Bertz CT molecular complexity index is 828. The van der Waals surface area contributed by atoms with E-state index in [1.807, 2.05) is 42.3 Å². The van der Waals surface area contributed by atoms with Crippen LogP contribution in [0.15, 0.2) is 35.5 Å². The first kappa shape index (κ1) is 21.1. The summed E-state index contributed by atoms with van der Waals surface area (Å²) in [6.45, 7) is 7.83. The largest absolute Gasteiger partial charge is 0.357 e. The van der Waals surface area contributed by atoms with Crippen LogP contribution in [0.2, 0.25) is 0 Å². The summed E-state index contributed by atoms with van der Waals surface area (Å²) in [6.07, 6.45) is 5.12. The van der Waals surface area contributed by atoms with Crippen molar-refractivity contribution in [3.8, 4) is 0 Å². The van der Waals surface area contributed by atoms with Gasteiger partial charge in [-0.2, -0.15) is 0 Å². The number of aliphatic imine (C=N–C) groups is 1. The van der Waals surface area contributed by atoms with Gasteiger partial charge in [0.15, 0.2) is 5.96 Å². The van der Waals surface area contributed by atoms with Crippen LogP contribution in [0.5, 0.6) is 0 Å². The van der Waals surface area contributed by atoms with Crippen molar-refractivity contribution in [2.75, 3.05) is 25.0 Å². The molecule has 0 radical (unpaired) electrons. The molecule has 1 saturated heterocycles. The second-order valence-electron chi connectivity index (χ2n) is 6.95. The summed E-state index contributed by atoms with van der Waals surface area (Å²) in [5, 5.41) is 10.7. The normalized spacial score (nSPS) is 14.1. The van der Waals surface area contributed by atoms with E-state index in [0.29, 0.717) is 13.1 Å². The zero-order valence-electron chi connectivity index (χ0n) is 17.2. The highest BCUT2D eigenvalue weighted by atomic mass is 32.1. The molecule has 0 spiro atoms. The lowest BCUT2D eigenvalue weighted by Crippen LogP contribution is -2.36. The molecule has 2 aromatic rings. The highest BCUT2D eigenvalue weighted by molar-refractivity contribution is 7.11. The van der Waals surface area contributed by atoms with Crippen molar-refractivity contribution in [2.24, 2.45) is 4.99 Å². The lowest BCUT2D eigenvalue weighted by atomic mass is 10.2. The first-order valence-electron chi connectivity index (χ1n) is 10.3. The number of anilines is 1. The quantitative estimate of drug-likeness (QED) is 0.478. The van der Waals surface area contributed by atoms with Crippen molar-refractivity contribution in [1.29, 1.82) is 0 Å². The Morgan fingerprint density at radius 3 is 2.79 bits per heavy atom. The predicted molar refractivity (Wildman–Crippen MR) is 119 cm³/mol. The predicted octanol–water partition coefficient (Wildman–Crippen LogP) is 3.59. The van der Waals surface area contributed by atoms with Crippen molar-refractivity contribution in [3.05, 3.63) is 45.9 Å². The number of urea groups is 1. The van der Waals surface area contributed by atoms with Gasteiger partial charge in [0.2, 0.25) is 0 Å². The summed E-state index contributed by atoms with van der Waals surface area (Å²) in [5.74, 6) is 0.757. The molecule has 1 fully saturated rings. The third-order valence-electron chi connectivity index (χ3n) is 4.69. The van der Waals surface area contributed by atoms with E-state index in [-0.39, 0.29) is 6.03 Å². The number of benzene rings is 1. The Kier molecular flexibility index (Phi) is 7.86. The smallest absolute Gasteiger partial charge is 0.321 e. The number of hydrogen-bond donors (Lipinski definition) is 3. The number of carbonyl (C=O) groups is 1. The van der Waals surface area contributed by atoms with Gasteiger partial charge in [-0.25, -0.2) is 14.8 Å². The molecule has 0 saturated carbocycles. The number of thiazole rings is 1. The Balaban J connectivity index is 1.57. The number of likely N-dealkylation sites (tertiary alicyclic amines) is 1. The van der Waals surface area contributed by atoms with Crippen molar-refractivity contribution in [3.63, 3.8) is 0 Å². The molecule has 1 aliphatic rings. The van der Waals surface area contributed by atoms with Gasteiger partial charge in [0, 0.05) is 36.4 Å². The van der Waals surface area contributed by atoms with Gasteiger partial charge in [-0.05, 0) is 43.9 Å². The fraction of sp³-hybridized carbons (Fsp3) is 0.476. The summed E-state index contributed by atoms with van der Waals surface area (Å²) >= 11 is 1.72. The molecular formula is C21H30N6OS. The van der Waals surface area contributed by atoms with Gasteiger partial charge in [-0.15, -0.1) is 11.3 Å². The van der Waals surface area contributed by atoms with Crippen LogP contribution in [0.3, 0.4) is 0 Å². The number of aryl methyl sites for hydroxylation is 1. The highest BCUT2D eigenvalue weighted by Gasteiger charge is 2.17. The monoisotopic (exact) mass is 414 g/mol. The average Bonchev–Trinajstić information content (AvgIpc) is 3.42. The molecule has 7 nitrogen and oxygen atoms in total. The molecule has 29 heavy (non-hydrogen) atoms. The molecule has 0 unspecified atom stereocenters. The number of nitrogens with zero attached hydrogens (tertiary/aromatic N) is 3. The highest BCUT2D eigenvalue weighted by Crippen LogP contribution is 2.15. The van der Waals surface area contributed by atoms with Crippen LogP contribution in [0.1, 0.15) is 42.1 Å². The van der Waals surface area contributed by atoms with Gasteiger partial charge in [0.1, 0.15) is 5.01 Å². The van der Waals surface area contributed by atoms with Gasteiger partial charge in [0.25, 0.3) is 0 Å². The van der Waals surface area contributed by atoms with Crippen LogP contribution < -0.4 is 16.0 Å². The van der Waals surface area contributed by atoms with Crippen molar-refractivity contribution >= 4 is 29.0 Å². The van der Waals surface area contributed by atoms with Crippen LogP contribution >= 0.6 is 11.3 Å². The Labute approximate surface area is 176 Å². The van der Waals surface area contributed by atoms with Gasteiger partial charge in [-0.1, -0.05) is 19.1 Å². The molecule has 0 bridgehead atoms. The standard InChI is InChI=1S/C21H30N6OS/c1-3-18-14-23-19(29-18)15-25-20(22-4-2)24-13-16-8-7-9-17(12-16)26-21(28)27-10-5-6-11-27/h7-9,12,14H,3-6,10-11,13,15H2,1-2H3,(H,26,28)(H2,22,24,25). The minimum Gasteiger partial charge on any atom is -0.357 e. The summed E-state index contributed by atoms with van der Waals surface area (Å²) < 4.78 is 0. The summed E-state index contributed by atoms with van der Waals surface area (Å²) in [4.78, 5) is 24.5. The van der Waals surface area contributed by atoms with E-state index in [4.69, 9.17) is 0 Å². The first-order chi connectivity index (χ1) is 14.2. The maximum absolute atomic E-state index is 12.3. The second kappa shape index (κ2) is 10.8. The molecule has 0 aliphatic carbocycles. The molecule has 2 heterocycles. The van der Waals surface area contributed by atoms with Crippen LogP contribution in [-0.4, -0.2) is 41.5 Å². The number of amides is 2. The van der Waals surface area contributed by atoms with Gasteiger partial charge < -0.3 is 20.9 Å². The third kappa shape index (κ3) is 6.45. The number of carbonyl (C=O) groups excluding carboxylic acids is 1. The van der Waals surface area contributed by atoms with Gasteiger partial charge >= 0.3 is 6.03 Å². The van der Waals surface area contributed by atoms with E-state index >= 15 is 0 Å². The molecule has 1 aliphatic heterocycles. The Hall–Kier alpha value is -2.61. The van der Waals surface area contributed by atoms with E-state index in [0.717, 1.165) is 61.1 Å². The third-order valence-corrected chi connectivity index (χ3v) is 5.83. The van der Waals surface area contributed by atoms with Crippen molar-refractivity contribution < 1.29 is 4.79 Å². The fourth-order valence-electron chi connectivity index (χ4n) is 3.13. The van der Waals surface area contributed by atoms with Gasteiger partial charge in [-0.3, -0.25) is 0 Å². The van der Waals surface area contributed by atoms with E-state index in [9.17, 15) is 4.79 Å². The molecule has 3 rings (SSSR count). The van der Waals surface area contributed by atoms with Crippen LogP contribution in [-0.2, 0) is 19.5 Å². The maximum atomic E-state index is 12.3. The van der Waals surface area contributed by atoms with Gasteiger partial charge in [0.05, 0.1) is 13.1 Å². The fourth-order valence-corrected chi connectivity index (χ4v) is 3.94. The SMILES string of the molecule is CCNC(=NCc1cccc(NC(=O)N2CCCC2)c1)NCc1ncc(CC)s1. The van der Waals surface area contributed by atoms with Crippen molar-refractivity contribution in [1.82, 2.24) is 20.5 Å². The lowest BCUT2D eigenvalue weighted by molar-refractivity contribution is 0.222. The van der Waals surface area contributed by atoms with Crippen LogP contribution in [0, 0.1) is 0 Å². The zero-order valence-corrected chi connectivity index (χ0v) is 18.0. The molecule has 2 amide bonds. The lowest BCUT2D eigenvalue weighted by Gasteiger charge is -2.16. The minimum absolute atomic E-state index is 0.0203. The number of aromatic nitrogens is 1. The van der Waals surface area contributed by atoms with Crippen LogP contribution in [0.4, 0.5) is 10.5 Å². The molecule has 1 aromatic carbocycles. The van der Waals surface area contributed by atoms with E-state index < -0.39 is 0 Å². The number of guanidine groups is 1. The van der Waals surface area contributed by atoms with Crippen molar-refractivity contribution in [2.45, 2.75) is 46.2 Å². The maximum Gasteiger partial charge on any atom is 0.321 e. The number of hydrogen-bond acceptors (Lipinski definition) is 4. The summed E-state index contributed by atoms with van der Waals surface area (Å²) in [6, 6.07) is 7.85. The Morgan fingerprint density at radius 1 is 1.24 bits per heavy atom. The molecule has 1 aromatic heterocycles. The summed E-state index contributed by atoms with van der Waals surface area (Å²) in [5.41, 5.74) is 1.85. The average molecular weight is 415 g/mol. The van der Waals surface area contributed by atoms with E-state index in [1.165, 1.54) is 4.88 Å². The first-order valence-corrected chi connectivity index (χ1v) is 11.1. The van der Waals surface area contributed by atoms with E-state index in [1.54, 1.807) is 11.3 Å². The molecule has 156 valence electrons. The number of nitrogens with one attached hydrogen (secondary N) is 3. The minimum atomic E-state index is -0.0203. The molecular weight excluding hydrogens is 384 g/mol. The zero-order chi connectivity index (χ0) is 20.5. The second-order valence-corrected chi connectivity index (χ2v) is 8.15. The molecule has 0 atom stereocenters. The molecule has 8 heteroatoms.